The van der Waals surface area contributed by atoms with Crippen LogP contribution in [0.5, 0.6) is 0 Å². The largest absolute Gasteiger partial charge is 0.304 e. The third-order valence-electron chi connectivity index (χ3n) is 3.49. The van der Waals surface area contributed by atoms with Gasteiger partial charge in [-0.05, 0) is 42.4 Å². The molecule has 2 aromatic heterocycles. The molecule has 0 unspecified atom stereocenters. The summed E-state index contributed by atoms with van der Waals surface area (Å²) in [6.07, 6.45) is 4.75. The molecule has 0 radical (unpaired) electrons. The highest BCUT2D eigenvalue weighted by atomic mass is 127. The Balaban J connectivity index is 2.09. The van der Waals surface area contributed by atoms with Crippen molar-refractivity contribution in [2.75, 3.05) is 0 Å². The summed E-state index contributed by atoms with van der Waals surface area (Å²) in [5, 5.41) is 2.93. The standard InChI is InChI=1S/C13H14IN3OS/c1-7-15-9(6-19-7)12-16-11(8-4-2-3-5-8)10(14)13(18)17-12/h6,8H,2-5H2,1H3,(H,16,17,18). The second-order valence-electron chi connectivity index (χ2n) is 4.85. The fourth-order valence-electron chi connectivity index (χ4n) is 2.54. The van der Waals surface area contributed by atoms with E-state index in [1.54, 1.807) is 11.3 Å². The number of rotatable bonds is 2. The van der Waals surface area contributed by atoms with Crippen LogP contribution in [0.2, 0.25) is 0 Å². The number of halogens is 1. The van der Waals surface area contributed by atoms with Gasteiger partial charge in [-0.3, -0.25) is 4.79 Å². The summed E-state index contributed by atoms with van der Waals surface area (Å²) in [6, 6.07) is 0. The minimum atomic E-state index is -0.0434. The number of aromatic amines is 1. The first kappa shape index (κ1) is 13.2. The van der Waals surface area contributed by atoms with Gasteiger partial charge in [0.2, 0.25) is 0 Å². The highest BCUT2D eigenvalue weighted by Crippen LogP contribution is 2.34. The second kappa shape index (κ2) is 5.32. The van der Waals surface area contributed by atoms with Gasteiger partial charge in [0.15, 0.2) is 5.82 Å². The Morgan fingerprint density at radius 2 is 2.11 bits per heavy atom. The van der Waals surface area contributed by atoms with Crippen LogP contribution in [0.15, 0.2) is 10.2 Å². The Labute approximate surface area is 128 Å². The summed E-state index contributed by atoms with van der Waals surface area (Å²) in [7, 11) is 0. The molecule has 0 aromatic carbocycles. The van der Waals surface area contributed by atoms with E-state index in [2.05, 4.69) is 37.5 Å². The quantitative estimate of drug-likeness (QED) is 0.803. The van der Waals surface area contributed by atoms with E-state index < -0.39 is 0 Å². The fourth-order valence-corrected chi connectivity index (χ4v) is 3.83. The van der Waals surface area contributed by atoms with Gasteiger partial charge in [-0.2, -0.15) is 0 Å². The predicted octanol–water partition coefficient (Wildman–Crippen LogP) is 3.46. The Morgan fingerprint density at radius 1 is 1.37 bits per heavy atom. The van der Waals surface area contributed by atoms with Crippen molar-refractivity contribution >= 4 is 33.9 Å². The number of nitrogens with one attached hydrogen (secondary N) is 1. The zero-order valence-electron chi connectivity index (χ0n) is 10.6. The van der Waals surface area contributed by atoms with Crippen molar-refractivity contribution in [1.82, 2.24) is 15.0 Å². The molecule has 1 aliphatic carbocycles. The number of H-pyrrole nitrogens is 1. The average molecular weight is 387 g/mol. The molecular formula is C13H14IN3OS. The first-order chi connectivity index (χ1) is 9.15. The van der Waals surface area contributed by atoms with E-state index in [4.69, 9.17) is 0 Å². The van der Waals surface area contributed by atoms with E-state index in [9.17, 15) is 4.79 Å². The predicted molar refractivity (Wildman–Crippen MR) is 84.6 cm³/mol. The summed E-state index contributed by atoms with van der Waals surface area (Å²) < 4.78 is 0.736. The summed E-state index contributed by atoms with van der Waals surface area (Å²) in [6.45, 7) is 1.96. The molecule has 19 heavy (non-hydrogen) atoms. The van der Waals surface area contributed by atoms with Gasteiger partial charge in [0, 0.05) is 11.3 Å². The molecule has 1 saturated carbocycles. The summed E-state index contributed by atoms with van der Waals surface area (Å²) >= 11 is 3.68. The van der Waals surface area contributed by atoms with E-state index in [1.165, 1.54) is 12.8 Å². The van der Waals surface area contributed by atoms with Crippen molar-refractivity contribution in [3.63, 3.8) is 0 Å². The van der Waals surface area contributed by atoms with Crippen LogP contribution in [-0.2, 0) is 0 Å². The lowest BCUT2D eigenvalue weighted by Crippen LogP contribution is -2.18. The summed E-state index contributed by atoms with van der Waals surface area (Å²) in [5.41, 5.74) is 1.69. The van der Waals surface area contributed by atoms with Crippen molar-refractivity contribution in [2.24, 2.45) is 0 Å². The first-order valence-electron chi connectivity index (χ1n) is 6.37. The van der Waals surface area contributed by atoms with Crippen molar-refractivity contribution in [2.45, 2.75) is 38.5 Å². The monoisotopic (exact) mass is 387 g/mol. The zero-order valence-corrected chi connectivity index (χ0v) is 13.5. The molecule has 1 aliphatic rings. The smallest absolute Gasteiger partial charge is 0.264 e. The van der Waals surface area contributed by atoms with Gasteiger partial charge in [-0.1, -0.05) is 12.8 Å². The van der Waals surface area contributed by atoms with E-state index >= 15 is 0 Å². The van der Waals surface area contributed by atoms with Gasteiger partial charge < -0.3 is 4.98 Å². The molecular weight excluding hydrogens is 373 g/mol. The molecule has 0 bridgehead atoms. The van der Waals surface area contributed by atoms with Crippen molar-refractivity contribution in [1.29, 1.82) is 0 Å². The minimum absolute atomic E-state index is 0.0434. The van der Waals surface area contributed by atoms with Crippen LogP contribution in [0.3, 0.4) is 0 Å². The van der Waals surface area contributed by atoms with E-state index in [0.29, 0.717) is 11.7 Å². The fraction of sp³-hybridized carbons (Fsp3) is 0.462. The van der Waals surface area contributed by atoms with Gasteiger partial charge in [0.1, 0.15) is 9.26 Å². The van der Waals surface area contributed by atoms with Crippen LogP contribution >= 0.6 is 33.9 Å². The molecule has 0 spiro atoms. The maximum absolute atomic E-state index is 12.1. The maximum Gasteiger partial charge on any atom is 0.264 e. The Bertz CT molecular complexity index is 658. The molecule has 100 valence electrons. The molecule has 0 atom stereocenters. The maximum atomic E-state index is 12.1. The Kier molecular flexibility index (Phi) is 3.70. The number of hydrogen-bond acceptors (Lipinski definition) is 4. The molecule has 6 heteroatoms. The summed E-state index contributed by atoms with van der Waals surface area (Å²) in [4.78, 5) is 24.0. The molecule has 1 N–H and O–H groups in total. The Morgan fingerprint density at radius 3 is 2.74 bits per heavy atom. The lowest BCUT2D eigenvalue weighted by molar-refractivity contribution is 0.687. The van der Waals surface area contributed by atoms with Crippen LogP contribution in [0.25, 0.3) is 11.5 Å². The van der Waals surface area contributed by atoms with Gasteiger partial charge in [0.05, 0.1) is 10.7 Å². The number of aryl methyl sites for hydroxylation is 1. The van der Waals surface area contributed by atoms with Gasteiger partial charge in [0.25, 0.3) is 5.56 Å². The second-order valence-corrected chi connectivity index (χ2v) is 6.99. The van der Waals surface area contributed by atoms with Crippen molar-refractivity contribution in [3.8, 4) is 11.5 Å². The lowest BCUT2D eigenvalue weighted by Gasteiger charge is -2.11. The van der Waals surface area contributed by atoms with Crippen LogP contribution in [0, 0.1) is 10.5 Å². The van der Waals surface area contributed by atoms with Crippen LogP contribution < -0.4 is 5.56 Å². The zero-order chi connectivity index (χ0) is 13.4. The molecule has 4 nitrogen and oxygen atoms in total. The van der Waals surface area contributed by atoms with Gasteiger partial charge >= 0.3 is 0 Å². The number of thiazole rings is 1. The van der Waals surface area contributed by atoms with Crippen molar-refractivity contribution < 1.29 is 0 Å². The molecule has 1 fully saturated rings. The Hall–Kier alpha value is -0.760. The normalized spacial score (nSPS) is 16.1. The van der Waals surface area contributed by atoms with Gasteiger partial charge in [-0.15, -0.1) is 11.3 Å². The third kappa shape index (κ3) is 2.60. The van der Waals surface area contributed by atoms with E-state index in [1.807, 2.05) is 12.3 Å². The highest BCUT2D eigenvalue weighted by Gasteiger charge is 2.23. The molecule has 0 amide bonds. The van der Waals surface area contributed by atoms with Crippen LogP contribution in [-0.4, -0.2) is 15.0 Å². The third-order valence-corrected chi connectivity index (χ3v) is 5.31. The molecule has 2 heterocycles. The average Bonchev–Trinajstić information content (AvgIpc) is 3.03. The topological polar surface area (TPSA) is 58.6 Å². The minimum Gasteiger partial charge on any atom is -0.304 e. The van der Waals surface area contributed by atoms with E-state index in [-0.39, 0.29) is 5.56 Å². The molecule has 2 aromatic rings. The lowest BCUT2D eigenvalue weighted by atomic mass is 10.0. The highest BCUT2D eigenvalue weighted by molar-refractivity contribution is 14.1. The van der Waals surface area contributed by atoms with E-state index in [0.717, 1.165) is 32.8 Å². The molecule has 0 saturated heterocycles. The molecule has 0 aliphatic heterocycles. The SMILES string of the molecule is Cc1nc(-c2nc(C3CCCC3)c(I)c(=O)[nH]2)cs1. The number of nitrogens with zero attached hydrogens (tertiary/aromatic N) is 2. The molecule has 3 rings (SSSR count). The first-order valence-corrected chi connectivity index (χ1v) is 8.33. The summed E-state index contributed by atoms with van der Waals surface area (Å²) in [5.74, 6) is 1.05. The van der Waals surface area contributed by atoms with Gasteiger partial charge in [-0.25, -0.2) is 9.97 Å². The van der Waals surface area contributed by atoms with Crippen molar-refractivity contribution in [3.05, 3.63) is 30.0 Å². The number of aromatic nitrogens is 3. The van der Waals surface area contributed by atoms with Crippen LogP contribution in [0.1, 0.15) is 42.3 Å². The van der Waals surface area contributed by atoms with Crippen LogP contribution in [0.4, 0.5) is 0 Å². The number of hydrogen-bond donors (Lipinski definition) is 1.